The van der Waals surface area contributed by atoms with Crippen LogP contribution in [0.3, 0.4) is 0 Å². The summed E-state index contributed by atoms with van der Waals surface area (Å²) < 4.78 is 0. The zero-order chi connectivity index (χ0) is 29.3. The Hall–Kier alpha value is -5.93. The third kappa shape index (κ3) is 4.91. The molecule has 0 N–H and O–H groups in total. The summed E-state index contributed by atoms with van der Waals surface area (Å²) >= 11 is 0. The Balaban J connectivity index is 1.16. The van der Waals surface area contributed by atoms with Crippen molar-refractivity contribution in [3.63, 3.8) is 0 Å². The molecule has 0 radical (unpaired) electrons. The minimum atomic E-state index is 0.650. The summed E-state index contributed by atoms with van der Waals surface area (Å²) in [6.45, 7) is 0. The molecule has 7 aromatic carbocycles. The van der Waals surface area contributed by atoms with Gasteiger partial charge in [0.1, 0.15) is 0 Å². The fourth-order valence-electron chi connectivity index (χ4n) is 5.80. The molecule has 8 rings (SSSR count). The SMILES string of the molecule is c1ccc(-c2ccc(-c3nc(-c4ccccc4)nc(-c4ccc(-c5ccc6c(ccc7ccccc76)c5)cc4)n3)cc2)cc1. The minimum absolute atomic E-state index is 0.650. The van der Waals surface area contributed by atoms with E-state index in [9.17, 15) is 0 Å². The second kappa shape index (κ2) is 11.0. The number of benzene rings is 7. The number of hydrogen-bond acceptors (Lipinski definition) is 3. The first-order valence-electron chi connectivity index (χ1n) is 14.8. The van der Waals surface area contributed by atoms with Gasteiger partial charge >= 0.3 is 0 Å². The van der Waals surface area contributed by atoms with Crippen molar-refractivity contribution >= 4 is 21.5 Å². The lowest BCUT2D eigenvalue weighted by molar-refractivity contribution is 1.07. The first kappa shape index (κ1) is 25.8. The molecular weight excluding hydrogens is 534 g/mol. The van der Waals surface area contributed by atoms with Gasteiger partial charge in [-0.1, -0.05) is 158 Å². The van der Waals surface area contributed by atoms with Crippen molar-refractivity contribution in [3.8, 4) is 56.4 Å². The summed E-state index contributed by atoms with van der Waals surface area (Å²) in [6, 6.07) is 57.0. The van der Waals surface area contributed by atoms with Gasteiger partial charge in [0.25, 0.3) is 0 Å². The molecule has 0 fully saturated rings. The third-order valence-electron chi connectivity index (χ3n) is 8.14. The first-order valence-corrected chi connectivity index (χ1v) is 14.8. The summed E-state index contributed by atoms with van der Waals surface area (Å²) in [7, 11) is 0. The maximum absolute atomic E-state index is 4.95. The molecule has 0 spiro atoms. The van der Waals surface area contributed by atoms with E-state index in [-0.39, 0.29) is 0 Å². The van der Waals surface area contributed by atoms with Gasteiger partial charge < -0.3 is 0 Å². The highest BCUT2D eigenvalue weighted by Crippen LogP contribution is 2.32. The van der Waals surface area contributed by atoms with Gasteiger partial charge in [-0.2, -0.15) is 0 Å². The van der Waals surface area contributed by atoms with Crippen molar-refractivity contribution in [1.29, 1.82) is 0 Å². The number of aromatic nitrogens is 3. The normalized spacial score (nSPS) is 11.2. The lowest BCUT2D eigenvalue weighted by atomic mass is 9.97. The van der Waals surface area contributed by atoms with Crippen LogP contribution in [0.1, 0.15) is 0 Å². The predicted octanol–water partition coefficient (Wildman–Crippen LogP) is 10.5. The molecule has 8 aromatic rings. The Morgan fingerprint density at radius 1 is 0.250 bits per heavy atom. The van der Waals surface area contributed by atoms with Gasteiger partial charge in [0.15, 0.2) is 17.5 Å². The maximum atomic E-state index is 4.95. The van der Waals surface area contributed by atoms with Gasteiger partial charge in [0.2, 0.25) is 0 Å². The Morgan fingerprint density at radius 2 is 0.636 bits per heavy atom. The van der Waals surface area contributed by atoms with Crippen LogP contribution in [-0.4, -0.2) is 15.0 Å². The van der Waals surface area contributed by atoms with E-state index in [4.69, 9.17) is 15.0 Å². The zero-order valence-corrected chi connectivity index (χ0v) is 23.9. The zero-order valence-electron chi connectivity index (χ0n) is 23.9. The van der Waals surface area contributed by atoms with Crippen LogP contribution in [0.25, 0.3) is 78.0 Å². The molecule has 0 aliphatic rings. The van der Waals surface area contributed by atoms with Gasteiger partial charge in [-0.15, -0.1) is 0 Å². The largest absolute Gasteiger partial charge is 0.208 e. The fourth-order valence-corrected chi connectivity index (χ4v) is 5.80. The van der Waals surface area contributed by atoms with E-state index in [1.165, 1.54) is 32.7 Å². The van der Waals surface area contributed by atoms with Crippen LogP contribution >= 0.6 is 0 Å². The Bertz CT molecular complexity index is 2240. The summed E-state index contributed by atoms with van der Waals surface area (Å²) in [5, 5.41) is 5.04. The Kier molecular flexibility index (Phi) is 6.47. The fraction of sp³-hybridized carbons (Fsp3) is 0. The van der Waals surface area contributed by atoms with Crippen LogP contribution in [0.5, 0.6) is 0 Å². The molecule has 206 valence electrons. The van der Waals surface area contributed by atoms with E-state index in [0.29, 0.717) is 17.5 Å². The van der Waals surface area contributed by atoms with Crippen molar-refractivity contribution in [1.82, 2.24) is 15.0 Å². The first-order chi connectivity index (χ1) is 21.8. The molecule has 3 heteroatoms. The second-order valence-corrected chi connectivity index (χ2v) is 10.9. The van der Waals surface area contributed by atoms with Crippen molar-refractivity contribution in [3.05, 3.63) is 164 Å². The van der Waals surface area contributed by atoms with Gasteiger partial charge in [-0.3, -0.25) is 0 Å². The van der Waals surface area contributed by atoms with Crippen LogP contribution in [0, 0.1) is 0 Å². The van der Waals surface area contributed by atoms with Crippen molar-refractivity contribution in [2.45, 2.75) is 0 Å². The summed E-state index contributed by atoms with van der Waals surface area (Å²) in [5.74, 6) is 1.96. The van der Waals surface area contributed by atoms with Crippen molar-refractivity contribution in [2.75, 3.05) is 0 Å². The summed E-state index contributed by atoms with van der Waals surface area (Å²) in [6.07, 6.45) is 0. The molecule has 1 aromatic heterocycles. The highest BCUT2D eigenvalue weighted by atomic mass is 15.0. The van der Waals surface area contributed by atoms with Crippen LogP contribution in [-0.2, 0) is 0 Å². The van der Waals surface area contributed by atoms with Crippen LogP contribution in [0.2, 0.25) is 0 Å². The summed E-state index contributed by atoms with van der Waals surface area (Å²) in [5.41, 5.74) is 7.52. The predicted molar refractivity (Wildman–Crippen MR) is 182 cm³/mol. The number of rotatable bonds is 5. The average molecular weight is 562 g/mol. The minimum Gasteiger partial charge on any atom is -0.208 e. The van der Waals surface area contributed by atoms with Gasteiger partial charge in [-0.05, 0) is 49.9 Å². The smallest absolute Gasteiger partial charge is 0.164 e. The lowest BCUT2D eigenvalue weighted by Crippen LogP contribution is -2.00. The molecule has 44 heavy (non-hydrogen) atoms. The van der Waals surface area contributed by atoms with Gasteiger partial charge in [0.05, 0.1) is 0 Å². The molecule has 1 heterocycles. The molecule has 0 aliphatic carbocycles. The molecule has 0 saturated heterocycles. The number of nitrogens with zero attached hydrogens (tertiary/aromatic N) is 3. The topological polar surface area (TPSA) is 38.7 Å². The van der Waals surface area contributed by atoms with Crippen molar-refractivity contribution < 1.29 is 0 Å². The Labute approximate surface area is 256 Å². The second-order valence-electron chi connectivity index (χ2n) is 10.9. The quantitative estimate of drug-likeness (QED) is 0.196. The Morgan fingerprint density at radius 3 is 1.25 bits per heavy atom. The van der Waals surface area contributed by atoms with E-state index < -0.39 is 0 Å². The maximum Gasteiger partial charge on any atom is 0.164 e. The van der Waals surface area contributed by atoms with Gasteiger partial charge in [-0.25, -0.2) is 15.0 Å². The van der Waals surface area contributed by atoms with Gasteiger partial charge in [0, 0.05) is 16.7 Å². The molecular formula is C41H27N3. The third-order valence-corrected chi connectivity index (χ3v) is 8.14. The van der Waals surface area contributed by atoms with E-state index in [1.807, 2.05) is 36.4 Å². The number of hydrogen-bond donors (Lipinski definition) is 0. The highest BCUT2D eigenvalue weighted by molar-refractivity contribution is 6.08. The average Bonchev–Trinajstić information content (AvgIpc) is 3.12. The highest BCUT2D eigenvalue weighted by Gasteiger charge is 2.13. The molecule has 3 nitrogen and oxygen atoms in total. The molecule has 0 bridgehead atoms. The van der Waals surface area contributed by atoms with E-state index in [1.54, 1.807) is 0 Å². The van der Waals surface area contributed by atoms with Crippen LogP contribution in [0.15, 0.2) is 164 Å². The molecule has 0 unspecified atom stereocenters. The summed E-state index contributed by atoms with van der Waals surface area (Å²) in [4.78, 5) is 14.8. The van der Waals surface area contributed by atoms with Crippen LogP contribution < -0.4 is 0 Å². The molecule has 0 saturated carbocycles. The monoisotopic (exact) mass is 561 g/mol. The molecule has 0 amide bonds. The van der Waals surface area contributed by atoms with E-state index in [0.717, 1.165) is 27.8 Å². The van der Waals surface area contributed by atoms with E-state index in [2.05, 4.69) is 127 Å². The standard InChI is InChI=1S/C41H27N3/c1-3-9-28(10-4-1)29-15-20-33(21-16-29)40-42-39(32-12-5-2-6-13-32)43-41(44-40)34-22-17-30(18-23-34)35-25-26-38-36(27-35)24-19-31-11-7-8-14-37(31)38/h1-27H. The molecule has 0 atom stereocenters. The lowest BCUT2D eigenvalue weighted by Gasteiger charge is -2.10. The number of fused-ring (bicyclic) bond motifs is 3. The van der Waals surface area contributed by atoms with Crippen molar-refractivity contribution in [2.24, 2.45) is 0 Å². The van der Waals surface area contributed by atoms with Crippen LogP contribution in [0.4, 0.5) is 0 Å². The van der Waals surface area contributed by atoms with E-state index >= 15 is 0 Å². The molecule has 0 aliphatic heterocycles.